The van der Waals surface area contributed by atoms with Crippen LogP contribution in [0.1, 0.15) is 36.9 Å². The minimum atomic E-state index is -0.0848. The molecule has 0 radical (unpaired) electrons. The lowest BCUT2D eigenvalue weighted by Gasteiger charge is -2.26. The van der Waals surface area contributed by atoms with E-state index in [0.717, 1.165) is 0 Å². The number of rotatable bonds is 5. The molecule has 0 aliphatic carbocycles. The van der Waals surface area contributed by atoms with E-state index in [-0.39, 0.29) is 11.9 Å². The van der Waals surface area contributed by atoms with E-state index in [1.807, 2.05) is 20.8 Å². The lowest BCUT2D eigenvalue weighted by Crippen LogP contribution is -2.42. The molecule has 0 spiro atoms. The van der Waals surface area contributed by atoms with Crippen LogP contribution in [-0.4, -0.2) is 28.4 Å². The molecule has 0 saturated carbocycles. The van der Waals surface area contributed by atoms with Crippen molar-refractivity contribution in [3.63, 3.8) is 0 Å². The van der Waals surface area contributed by atoms with E-state index >= 15 is 0 Å². The Balaban J connectivity index is 2.95. The van der Waals surface area contributed by atoms with E-state index in [1.54, 1.807) is 11.0 Å². The molecular formula is C12H18N2O2S. The van der Waals surface area contributed by atoms with Gasteiger partial charge in [-0.1, -0.05) is 19.1 Å². The molecule has 17 heavy (non-hydrogen) atoms. The Hall–Kier alpha value is -1.36. The fraction of sp³-hybridized carbons (Fsp3) is 0.500. The van der Waals surface area contributed by atoms with Crippen LogP contribution in [-0.2, 0) is 6.42 Å². The Morgan fingerprint density at radius 3 is 2.71 bits per heavy atom. The molecule has 0 aliphatic heterocycles. The number of carbonyl (C=O) groups excluding carboxylic acids is 1. The highest BCUT2D eigenvalue weighted by Gasteiger charge is 2.22. The smallest absolute Gasteiger partial charge is 0.258 e. The van der Waals surface area contributed by atoms with Crippen LogP contribution < -0.4 is 5.73 Å². The van der Waals surface area contributed by atoms with E-state index in [1.165, 1.54) is 6.26 Å². The van der Waals surface area contributed by atoms with Crippen molar-refractivity contribution >= 4 is 23.1 Å². The fourth-order valence-electron chi connectivity index (χ4n) is 1.62. The van der Waals surface area contributed by atoms with Gasteiger partial charge in [-0.2, -0.15) is 0 Å². The van der Waals surface area contributed by atoms with Crippen molar-refractivity contribution in [1.82, 2.24) is 4.90 Å². The molecule has 1 heterocycles. The second-order valence-electron chi connectivity index (χ2n) is 4.10. The molecular weight excluding hydrogens is 236 g/mol. The highest BCUT2D eigenvalue weighted by Crippen LogP contribution is 2.15. The van der Waals surface area contributed by atoms with Crippen LogP contribution >= 0.6 is 12.2 Å². The number of aryl methyl sites for hydroxylation is 1. The van der Waals surface area contributed by atoms with Crippen molar-refractivity contribution in [3.8, 4) is 0 Å². The zero-order chi connectivity index (χ0) is 13.0. The molecule has 1 aromatic heterocycles. The Morgan fingerprint density at radius 1 is 1.59 bits per heavy atom. The van der Waals surface area contributed by atoms with Gasteiger partial charge in [0.15, 0.2) is 0 Å². The maximum Gasteiger partial charge on any atom is 0.258 e. The molecule has 0 aromatic carbocycles. The maximum atomic E-state index is 12.3. The number of furan rings is 1. The summed E-state index contributed by atoms with van der Waals surface area (Å²) < 4.78 is 5.26. The van der Waals surface area contributed by atoms with Crippen LogP contribution in [0.15, 0.2) is 16.7 Å². The molecule has 5 heteroatoms. The summed E-state index contributed by atoms with van der Waals surface area (Å²) in [5.41, 5.74) is 6.10. The summed E-state index contributed by atoms with van der Waals surface area (Å²) in [6, 6.07) is 1.74. The zero-order valence-electron chi connectivity index (χ0n) is 10.4. The molecule has 1 rings (SSSR count). The number of amides is 1. The van der Waals surface area contributed by atoms with Gasteiger partial charge in [-0.05, 0) is 19.9 Å². The summed E-state index contributed by atoms with van der Waals surface area (Å²) >= 11 is 4.86. The van der Waals surface area contributed by atoms with Crippen LogP contribution in [0.25, 0.3) is 0 Å². The topological polar surface area (TPSA) is 59.5 Å². The van der Waals surface area contributed by atoms with Crippen molar-refractivity contribution < 1.29 is 9.21 Å². The van der Waals surface area contributed by atoms with Gasteiger partial charge in [0.25, 0.3) is 5.91 Å². The predicted molar refractivity (Wildman–Crippen MR) is 71.0 cm³/mol. The second-order valence-corrected chi connectivity index (χ2v) is 4.63. The molecule has 0 unspecified atom stereocenters. The number of thiocarbonyl (C=S) groups is 1. The third kappa shape index (κ3) is 3.30. The van der Waals surface area contributed by atoms with Crippen LogP contribution in [0.3, 0.4) is 0 Å². The van der Waals surface area contributed by atoms with E-state index in [0.29, 0.717) is 29.3 Å². The number of carbonyl (C=O) groups is 1. The van der Waals surface area contributed by atoms with Gasteiger partial charge >= 0.3 is 0 Å². The average Bonchev–Trinajstić information content (AvgIpc) is 2.72. The minimum absolute atomic E-state index is 0.0450. The molecule has 1 aromatic rings. The molecule has 0 bridgehead atoms. The molecule has 1 amide bonds. The summed E-state index contributed by atoms with van der Waals surface area (Å²) in [6.45, 7) is 6.10. The first-order chi connectivity index (χ1) is 7.97. The van der Waals surface area contributed by atoms with Gasteiger partial charge in [0.1, 0.15) is 5.76 Å². The van der Waals surface area contributed by atoms with Gasteiger partial charge in [-0.25, -0.2) is 0 Å². The minimum Gasteiger partial charge on any atom is -0.469 e. The molecule has 0 aliphatic rings. The monoisotopic (exact) mass is 254 g/mol. The first-order valence-electron chi connectivity index (χ1n) is 5.63. The average molecular weight is 254 g/mol. The molecule has 94 valence electrons. The fourth-order valence-corrected chi connectivity index (χ4v) is 1.76. The maximum absolute atomic E-state index is 12.3. The Morgan fingerprint density at radius 2 is 2.24 bits per heavy atom. The molecule has 0 atom stereocenters. The Bertz CT molecular complexity index is 412. The van der Waals surface area contributed by atoms with E-state index < -0.39 is 0 Å². The molecule has 0 saturated heterocycles. The molecule has 0 fully saturated rings. The predicted octanol–water partition coefficient (Wildman–Crippen LogP) is 1.98. The van der Waals surface area contributed by atoms with Crippen LogP contribution in [0.2, 0.25) is 0 Å². The van der Waals surface area contributed by atoms with Crippen molar-refractivity contribution in [3.05, 3.63) is 23.7 Å². The Labute approximate surface area is 107 Å². The highest BCUT2D eigenvalue weighted by molar-refractivity contribution is 7.80. The van der Waals surface area contributed by atoms with Gasteiger partial charge in [-0.15, -0.1) is 0 Å². The van der Waals surface area contributed by atoms with Gasteiger partial charge in [0.2, 0.25) is 0 Å². The number of hydrogen-bond donors (Lipinski definition) is 1. The summed E-state index contributed by atoms with van der Waals surface area (Å²) in [6.07, 6.45) is 2.22. The van der Waals surface area contributed by atoms with Gasteiger partial charge in [0.05, 0.1) is 23.4 Å². The summed E-state index contributed by atoms with van der Waals surface area (Å²) in [7, 11) is 0. The van der Waals surface area contributed by atoms with Crippen molar-refractivity contribution in [2.45, 2.75) is 33.2 Å². The second kappa shape index (κ2) is 5.82. The lowest BCUT2D eigenvalue weighted by molar-refractivity contribution is 0.0734. The normalized spacial score (nSPS) is 10.6. The van der Waals surface area contributed by atoms with E-state index in [9.17, 15) is 4.79 Å². The van der Waals surface area contributed by atoms with Crippen LogP contribution in [0.4, 0.5) is 0 Å². The SMILES string of the molecule is CCc1occc1C(=O)N(CC(N)=S)C(C)C. The first-order valence-corrected chi connectivity index (χ1v) is 6.03. The summed E-state index contributed by atoms with van der Waals surface area (Å²) in [5.74, 6) is 0.613. The van der Waals surface area contributed by atoms with Crippen molar-refractivity contribution in [2.75, 3.05) is 6.54 Å². The van der Waals surface area contributed by atoms with E-state index in [2.05, 4.69) is 0 Å². The highest BCUT2D eigenvalue weighted by atomic mass is 32.1. The first kappa shape index (κ1) is 13.7. The standard InChI is InChI=1S/C12H18N2O2S/c1-4-10-9(5-6-16-10)12(15)14(8(2)3)7-11(13)17/h5-6,8H,4,7H2,1-3H3,(H2,13,17). The lowest BCUT2D eigenvalue weighted by atomic mass is 10.1. The van der Waals surface area contributed by atoms with E-state index in [4.69, 9.17) is 22.4 Å². The third-order valence-electron chi connectivity index (χ3n) is 2.51. The van der Waals surface area contributed by atoms with Gasteiger partial charge < -0.3 is 15.1 Å². The summed E-state index contributed by atoms with van der Waals surface area (Å²) in [4.78, 5) is 14.3. The van der Waals surface area contributed by atoms with Crippen molar-refractivity contribution in [2.24, 2.45) is 5.73 Å². The quantitative estimate of drug-likeness (QED) is 0.816. The van der Waals surface area contributed by atoms with Crippen LogP contribution in [0, 0.1) is 0 Å². The van der Waals surface area contributed by atoms with Crippen molar-refractivity contribution in [1.29, 1.82) is 0 Å². The number of hydrogen-bond acceptors (Lipinski definition) is 3. The largest absolute Gasteiger partial charge is 0.469 e. The van der Waals surface area contributed by atoms with Crippen LogP contribution in [0.5, 0.6) is 0 Å². The number of nitrogens with zero attached hydrogens (tertiary/aromatic N) is 1. The number of nitrogens with two attached hydrogens (primary N) is 1. The van der Waals surface area contributed by atoms with Gasteiger partial charge in [-0.3, -0.25) is 4.79 Å². The van der Waals surface area contributed by atoms with Gasteiger partial charge in [0, 0.05) is 12.5 Å². The Kier molecular flexibility index (Phi) is 4.69. The molecule has 4 nitrogen and oxygen atoms in total. The molecule has 2 N–H and O–H groups in total. The third-order valence-corrected chi connectivity index (χ3v) is 2.64. The summed E-state index contributed by atoms with van der Waals surface area (Å²) in [5, 5.41) is 0. The zero-order valence-corrected chi connectivity index (χ0v) is 11.2.